The van der Waals surface area contributed by atoms with Gasteiger partial charge in [-0.2, -0.15) is 0 Å². The molecule has 0 spiro atoms. The van der Waals surface area contributed by atoms with Gasteiger partial charge in [0.1, 0.15) is 5.75 Å². The van der Waals surface area contributed by atoms with Crippen LogP contribution in [-0.4, -0.2) is 67.0 Å². The van der Waals surface area contributed by atoms with Gasteiger partial charge in [0.15, 0.2) is 0 Å². The molecule has 2 atom stereocenters. The van der Waals surface area contributed by atoms with Crippen LogP contribution in [-0.2, 0) is 22.4 Å². The maximum Gasteiger partial charge on any atom is 0.251 e. The number of ether oxygens (including phenoxy) is 1. The summed E-state index contributed by atoms with van der Waals surface area (Å²) < 4.78 is 5.86. The molecule has 1 fully saturated rings. The van der Waals surface area contributed by atoms with Crippen LogP contribution in [0.15, 0.2) is 84.4 Å². The van der Waals surface area contributed by atoms with Crippen LogP contribution < -0.4 is 10.1 Å². The average Bonchev–Trinajstić information content (AvgIpc) is 2.97. The van der Waals surface area contributed by atoms with Crippen molar-refractivity contribution in [1.29, 1.82) is 0 Å². The van der Waals surface area contributed by atoms with Crippen LogP contribution in [0.4, 0.5) is 0 Å². The summed E-state index contributed by atoms with van der Waals surface area (Å²) in [5.74, 6) is 0.753. The summed E-state index contributed by atoms with van der Waals surface area (Å²) in [6.45, 7) is 3.90. The monoisotopic (exact) mass is 557 g/mol. The smallest absolute Gasteiger partial charge is 0.251 e. The van der Waals surface area contributed by atoms with Crippen LogP contribution in [0.3, 0.4) is 0 Å². The number of hydrogen-bond acceptors (Lipinski definition) is 4. The first-order chi connectivity index (χ1) is 19.4. The van der Waals surface area contributed by atoms with Gasteiger partial charge in [0, 0.05) is 51.6 Å². The number of fused-ring (bicyclic) bond motifs is 2. The molecule has 0 aromatic heterocycles. The molecule has 2 aliphatic rings. The fraction of sp³-hybridized carbons (Fsp3) is 0.333. The quantitative estimate of drug-likeness (QED) is 0.402. The number of rotatable bonds is 9. The molecule has 7 heteroatoms. The largest absolute Gasteiger partial charge is 0.492 e. The Morgan fingerprint density at radius 3 is 2.38 bits per heavy atom. The molecule has 2 bridgehead atoms. The molecular weight excluding hydrogens is 522 g/mol. The summed E-state index contributed by atoms with van der Waals surface area (Å²) in [7, 11) is 1.87. The number of benzene rings is 3. The van der Waals surface area contributed by atoms with E-state index in [2.05, 4.69) is 41.7 Å². The number of nitrogens with one attached hydrogen (secondary N) is 1. The number of amides is 2. The minimum atomic E-state index is -0.193. The molecule has 3 aromatic carbocycles. The highest BCUT2D eigenvalue weighted by Crippen LogP contribution is 2.34. The van der Waals surface area contributed by atoms with Gasteiger partial charge in [-0.15, -0.1) is 0 Å². The topological polar surface area (TPSA) is 61.9 Å². The van der Waals surface area contributed by atoms with Crippen molar-refractivity contribution in [3.8, 4) is 5.75 Å². The highest BCUT2D eigenvalue weighted by molar-refractivity contribution is 6.32. The van der Waals surface area contributed by atoms with Crippen LogP contribution in [0.1, 0.15) is 30.0 Å². The molecule has 5 rings (SSSR count). The van der Waals surface area contributed by atoms with Crippen LogP contribution in [0, 0.1) is 0 Å². The molecule has 2 amide bonds. The van der Waals surface area contributed by atoms with E-state index in [0.29, 0.717) is 43.4 Å². The Kier molecular flexibility index (Phi) is 8.88. The number of likely N-dealkylation sites (N-methyl/N-ethyl adjacent to an activating group) is 1. The highest BCUT2D eigenvalue weighted by atomic mass is 35.5. The van der Waals surface area contributed by atoms with E-state index in [-0.39, 0.29) is 23.9 Å². The van der Waals surface area contributed by atoms with Crippen LogP contribution in [0.5, 0.6) is 5.75 Å². The molecule has 2 unspecified atom stereocenters. The number of nitrogens with zero attached hydrogens (tertiary/aromatic N) is 2. The molecule has 6 nitrogen and oxygen atoms in total. The van der Waals surface area contributed by atoms with Gasteiger partial charge in [0.05, 0.1) is 17.7 Å². The summed E-state index contributed by atoms with van der Waals surface area (Å²) >= 11 is 6.20. The van der Waals surface area contributed by atoms with Crippen molar-refractivity contribution in [3.63, 3.8) is 0 Å². The summed E-state index contributed by atoms with van der Waals surface area (Å²) in [4.78, 5) is 29.9. The van der Waals surface area contributed by atoms with Gasteiger partial charge in [-0.1, -0.05) is 78.3 Å². The van der Waals surface area contributed by atoms with Crippen molar-refractivity contribution in [2.45, 2.75) is 38.3 Å². The zero-order valence-corrected chi connectivity index (χ0v) is 23.9. The third kappa shape index (κ3) is 6.57. The lowest BCUT2D eigenvalue weighted by molar-refractivity contribution is -0.132. The van der Waals surface area contributed by atoms with Crippen molar-refractivity contribution in [3.05, 3.63) is 106 Å². The molecular formula is C33H36ClN3O3. The van der Waals surface area contributed by atoms with Gasteiger partial charge in [-0.3, -0.25) is 9.59 Å². The van der Waals surface area contributed by atoms with Crippen molar-refractivity contribution < 1.29 is 14.3 Å². The molecule has 0 radical (unpaired) electrons. The molecule has 2 aliphatic heterocycles. The van der Waals surface area contributed by atoms with Gasteiger partial charge in [-0.05, 0) is 47.2 Å². The lowest BCUT2D eigenvalue weighted by Crippen LogP contribution is -2.61. The lowest BCUT2D eigenvalue weighted by atomic mass is 9.82. The van der Waals surface area contributed by atoms with Gasteiger partial charge in [-0.25, -0.2) is 0 Å². The minimum Gasteiger partial charge on any atom is -0.492 e. The predicted molar refractivity (Wildman–Crippen MR) is 159 cm³/mol. The van der Waals surface area contributed by atoms with Crippen molar-refractivity contribution in [2.24, 2.45) is 0 Å². The Bertz CT molecular complexity index is 1370. The van der Waals surface area contributed by atoms with E-state index in [9.17, 15) is 9.59 Å². The number of halogens is 1. The van der Waals surface area contributed by atoms with E-state index in [1.54, 1.807) is 6.92 Å². The van der Waals surface area contributed by atoms with Crippen molar-refractivity contribution >= 4 is 29.0 Å². The lowest BCUT2D eigenvalue weighted by Gasteiger charge is -2.44. The van der Waals surface area contributed by atoms with Crippen molar-refractivity contribution in [2.75, 3.05) is 33.3 Å². The summed E-state index contributed by atoms with van der Waals surface area (Å²) in [5.41, 5.74) is 5.26. The second-order valence-corrected chi connectivity index (χ2v) is 11.0. The Hall–Kier alpha value is -3.61. The number of hydrogen-bond donors (Lipinski definition) is 1. The van der Waals surface area contributed by atoms with E-state index in [1.807, 2.05) is 59.3 Å². The number of carbonyl (C=O) groups excluding carboxylic acids is 2. The maximum absolute atomic E-state index is 13.9. The van der Waals surface area contributed by atoms with E-state index in [1.165, 1.54) is 5.56 Å². The normalized spacial score (nSPS) is 18.4. The summed E-state index contributed by atoms with van der Waals surface area (Å²) in [6.07, 6.45) is 2.23. The molecule has 0 aliphatic carbocycles. The first-order valence-corrected chi connectivity index (χ1v) is 14.3. The average molecular weight is 558 g/mol. The third-order valence-electron chi connectivity index (χ3n) is 7.79. The Labute approximate surface area is 241 Å². The van der Waals surface area contributed by atoms with Gasteiger partial charge >= 0.3 is 0 Å². The highest BCUT2D eigenvalue weighted by Gasteiger charge is 2.39. The minimum absolute atomic E-state index is 0.0181. The van der Waals surface area contributed by atoms with E-state index < -0.39 is 0 Å². The molecule has 40 heavy (non-hydrogen) atoms. The molecule has 1 saturated heterocycles. The second-order valence-electron chi connectivity index (χ2n) is 10.6. The SMILES string of the molecule is CC(=O)N1CC2CC(c3ccc(CCOc4ccccc4Cl)cc3)=C(C(=O)N(C)CCc3ccccc3)C(C1)N2. The first-order valence-electron chi connectivity index (χ1n) is 13.9. The fourth-order valence-corrected chi connectivity index (χ4v) is 5.78. The molecule has 3 aromatic rings. The van der Waals surface area contributed by atoms with Crippen LogP contribution in [0.25, 0.3) is 5.57 Å². The molecule has 208 valence electrons. The Morgan fingerprint density at radius 1 is 0.950 bits per heavy atom. The Morgan fingerprint density at radius 2 is 1.65 bits per heavy atom. The molecule has 0 saturated carbocycles. The van der Waals surface area contributed by atoms with Crippen LogP contribution >= 0.6 is 11.6 Å². The predicted octanol–water partition coefficient (Wildman–Crippen LogP) is 5.01. The second kappa shape index (κ2) is 12.7. The number of para-hydroxylation sites is 1. The number of piperazine rings is 1. The summed E-state index contributed by atoms with van der Waals surface area (Å²) in [5, 5.41) is 4.24. The van der Waals surface area contributed by atoms with Crippen LogP contribution in [0.2, 0.25) is 5.02 Å². The van der Waals surface area contributed by atoms with Gasteiger partial charge in [0.2, 0.25) is 5.91 Å². The van der Waals surface area contributed by atoms with Gasteiger partial charge < -0.3 is 19.9 Å². The molecule has 1 N–H and O–H groups in total. The molecule has 2 heterocycles. The zero-order valence-electron chi connectivity index (χ0n) is 23.1. The standard InChI is InChI=1S/C33H36ClN3O3/c1-23(38)37-21-27-20-28(26-14-12-25(13-15-26)17-19-40-31-11-7-6-10-29(31)34)32(30(22-37)35-27)33(39)36(2)18-16-24-8-4-3-5-9-24/h3-15,27,30,35H,16-22H2,1-2H3. The zero-order chi connectivity index (χ0) is 28.1. The van der Waals surface area contributed by atoms with Gasteiger partial charge in [0.25, 0.3) is 5.91 Å². The third-order valence-corrected chi connectivity index (χ3v) is 8.11. The van der Waals surface area contributed by atoms with E-state index in [4.69, 9.17) is 16.3 Å². The maximum atomic E-state index is 13.9. The fourth-order valence-electron chi connectivity index (χ4n) is 5.59. The Balaban J connectivity index is 1.35. The summed E-state index contributed by atoms with van der Waals surface area (Å²) in [6, 6.07) is 26.1. The number of carbonyl (C=O) groups is 2. The first kappa shape index (κ1) is 27.9. The van der Waals surface area contributed by atoms with Crippen molar-refractivity contribution in [1.82, 2.24) is 15.1 Å². The van der Waals surface area contributed by atoms with E-state index >= 15 is 0 Å². The van der Waals surface area contributed by atoms with E-state index in [0.717, 1.165) is 35.1 Å².